The molecule has 1 aromatic rings. The van der Waals surface area contributed by atoms with Gasteiger partial charge in [-0.2, -0.15) is 0 Å². The number of rotatable bonds is 7. The van der Waals surface area contributed by atoms with Gasteiger partial charge in [-0.1, -0.05) is 6.92 Å². The Balaban J connectivity index is 2.02. The van der Waals surface area contributed by atoms with Gasteiger partial charge in [-0.3, -0.25) is 10.1 Å². The fourth-order valence-electron chi connectivity index (χ4n) is 2.54. The zero-order valence-corrected chi connectivity index (χ0v) is 12.2. The van der Waals surface area contributed by atoms with Crippen molar-refractivity contribution < 1.29 is 10.0 Å². The molecule has 0 aromatic carbocycles. The average Bonchev–Trinajstić information content (AvgIpc) is 2.88. The Labute approximate surface area is 123 Å². The molecular weight excluding hydrogens is 272 g/mol. The Morgan fingerprint density at radius 2 is 2.10 bits per heavy atom. The highest BCUT2D eigenvalue weighted by molar-refractivity contribution is 5.54. The van der Waals surface area contributed by atoms with Gasteiger partial charge < -0.3 is 15.7 Å². The first kappa shape index (κ1) is 15.5. The van der Waals surface area contributed by atoms with Gasteiger partial charge >= 0.3 is 0 Å². The molecule has 2 atom stereocenters. The highest BCUT2D eigenvalue weighted by Crippen LogP contribution is 2.26. The minimum Gasteiger partial charge on any atom is -0.393 e. The van der Waals surface area contributed by atoms with Gasteiger partial charge in [0, 0.05) is 13.1 Å². The van der Waals surface area contributed by atoms with Gasteiger partial charge in [-0.05, 0) is 31.6 Å². The minimum atomic E-state index is -0.413. The van der Waals surface area contributed by atoms with Crippen molar-refractivity contribution in [3.63, 3.8) is 0 Å². The second kappa shape index (κ2) is 7.21. The average molecular weight is 294 g/mol. The predicted octanol–water partition coefficient (Wildman–Crippen LogP) is 2.38. The van der Waals surface area contributed by atoms with Crippen molar-refractivity contribution in [2.45, 2.75) is 38.7 Å². The van der Waals surface area contributed by atoms with Crippen LogP contribution in [0.2, 0.25) is 0 Å². The first-order valence-electron chi connectivity index (χ1n) is 7.40. The lowest BCUT2D eigenvalue weighted by molar-refractivity contribution is -0.384. The van der Waals surface area contributed by atoms with E-state index >= 15 is 0 Å². The maximum Gasteiger partial charge on any atom is 0.276 e. The fraction of sp³-hybridized carbons (Fsp3) is 0.643. The van der Waals surface area contributed by atoms with E-state index in [0.717, 1.165) is 32.2 Å². The van der Waals surface area contributed by atoms with Crippen molar-refractivity contribution in [3.05, 3.63) is 22.2 Å². The number of aromatic nitrogens is 1. The summed E-state index contributed by atoms with van der Waals surface area (Å²) in [6.45, 7) is 3.43. The summed E-state index contributed by atoms with van der Waals surface area (Å²) in [5.41, 5.74) is 0.0255. The van der Waals surface area contributed by atoms with Crippen LogP contribution < -0.4 is 10.6 Å². The van der Waals surface area contributed by atoms with Gasteiger partial charge in [0.2, 0.25) is 0 Å². The van der Waals surface area contributed by atoms with Crippen LogP contribution in [0, 0.1) is 16.0 Å². The van der Waals surface area contributed by atoms with E-state index in [1.165, 1.54) is 12.1 Å². The van der Waals surface area contributed by atoms with Crippen LogP contribution in [0.3, 0.4) is 0 Å². The topological polar surface area (TPSA) is 100 Å². The van der Waals surface area contributed by atoms with E-state index in [9.17, 15) is 15.2 Å². The lowest BCUT2D eigenvalue weighted by atomic mass is 10.1. The normalized spacial score (nSPS) is 21.2. The minimum absolute atomic E-state index is 0.0255. The van der Waals surface area contributed by atoms with Crippen LogP contribution in [0.4, 0.5) is 17.3 Å². The molecule has 0 aliphatic heterocycles. The number of anilines is 2. The van der Waals surface area contributed by atoms with Gasteiger partial charge in [0.1, 0.15) is 11.6 Å². The van der Waals surface area contributed by atoms with Gasteiger partial charge in [0.05, 0.1) is 23.2 Å². The number of nitro groups is 1. The SMILES string of the molecule is CCCNc1cc([N+](=O)[O-])cc(NCC2CCC(O)C2)n1. The molecule has 0 spiro atoms. The van der Waals surface area contributed by atoms with E-state index in [-0.39, 0.29) is 11.8 Å². The molecule has 1 aromatic heterocycles. The zero-order valence-electron chi connectivity index (χ0n) is 12.2. The summed E-state index contributed by atoms with van der Waals surface area (Å²) in [6.07, 6.45) is 3.30. The van der Waals surface area contributed by atoms with E-state index in [1.807, 2.05) is 6.92 Å². The molecule has 7 nitrogen and oxygen atoms in total. The van der Waals surface area contributed by atoms with Crippen LogP contribution in [0.5, 0.6) is 0 Å². The summed E-state index contributed by atoms with van der Waals surface area (Å²) in [5.74, 6) is 1.41. The standard InChI is InChI=1S/C14H22N4O3/c1-2-5-15-13-7-11(18(20)21)8-14(17-13)16-9-10-3-4-12(19)6-10/h7-8,10,12,19H,2-6,9H2,1H3,(H2,15,16,17). The van der Waals surface area contributed by atoms with E-state index in [0.29, 0.717) is 24.1 Å². The molecule has 3 N–H and O–H groups in total. The number of aliphatic hydroxyl groups is 1. The number of hydrogen-bond donors (Lipinski definition) is 3. The molecule has 1 heterocycles. The molecule has 0 saturated heterocycles. The number of nitrogens with zero attached hydrogens (tertiary/aromatic N) is 2. The molecule has 7 heteroatoms. The van der Waals surface area contributed by atoms with Gasteiger partial charge in [-0.15, -0.1) is 0 Å². The van der Waals surface area contributed by atoms with Crippen molar-refractivity contribution in [2.75, 3.05) is 23.7 Å². The zero-order chi connectivity index (χ0) is 15.2. The third-order valence-electron chi connectivity index (χ3n) is 3.66. The van der Waals surface area contributed by atoms with E-state index in [4.69, 9.17) is 0 Å². The first-order chi connectivity index (χ1) is 10.1. The van der Waals surface area contributed by atoms with E-state index in [1.54, 1.807) is 0 Å². The van der Waals surface area contributed by atoms with Crippen molar-refractivity contribution >= 4 is 17.3 Å². The number of nitrogens with one attached hydrogen (secondary N) is 2. The number of hydrogen-bond acceptors (Lipinski definition) is 6. The van der Waals surface area contributed by atoms with Gasteiger partial charge in [0.15, 0.2) is 0 Å². The molecule has 2 rings (SSSR count). The van der Waals surface area contributed by atoms with Crippen LogP contribution >= 0.6 is 0 Å². The van der Waals surface area contributed by atoms with Crippen LogP contribution in [0.25, 0.3) is 0 Å². The highest BCUT2D eigenvalue weighted by Gasteiger charge is 2.22. The molecule has 1 fully saturated rings. The Morgan fingerprint density at radius 1 is 1.38 bits per heavy atom. The van der Waals surface area contributed by atoms with Crippen molar-refractivity contribution in [1.82, 2.24) is 4.98 Å². The predicted molar refractivity (Wildman–Crippen MR) is 81.5 cm³/mol. The maximum atomic E-state index is 11.0. The summed E-state index contributed by atoms with van der Waals surface area (Å²) >= 11 is 0. The first-order valence-corrected chi connectivity index (χ1v) is 7.40. The molecule has 0 amide bonds. The smallest absolute Gasteiger partial charge is 0.276 e. The lowest BCUT2D eigenvalue weighted by Crippen LogP contribution is -2.14. The van der Waals surface area contributed by atoms with E-state index in [2.05, 4.69) is 15.6 Å². The molecule has 0 radical (unpaired) electrons. The van der Waals surface area contributed by atoms with Crippen LogP contribution in [-0.4, -0.2) is 34.2 Å². The Kier molecular flexibility index (Phi) is 5.32. The molecular formula is C14H22N4O3. The quantitative estimate of drug-likeness (QED) is 0.527. The number of aliphatic hydroxyl groups excluding tert-OH is 1. The van der Waals surface area contributed by atoms with Crippen LogP contribution in [-0.2, 0) is 0 Å². The van der Waals surface area contributed by atoms with E-state index < -0.39 is 4.92 Å². The summed E-state index contributed by atoms with van der Waals surface area (Å²) in [7, 11) is 0. The second-order valence-electron chi connectivity index (χ2n) is 5.49. The summed E-state index contributed by atoms with van der Waals surface area (Å²) in [5, 5.41) is 26.7. The van der Waals surface area contributed by atoms with Crippen molar-refractivity contribution in [1.29, 1.82) is 0 Å². The Hall–Kier alpha value is -1.89. The molecule has 1 aliphatic rings. The molecule has 1 aliphatic carbocycles. The Bertz CT molecular complexity index is 495. The Morgan fingerprint density at radius 3 is 2.67 bits per heavy atom. The lowest BCUT2D eigenvalue weighted by Gasteiger charge is -2.12. The molecule has 116 valence electrons. The molecule has 21 heavy (non-hydrogen) atoms. The third kappa shape index (κ3) is 4.56. The van der Waals surface area contributed by atoms with Crippen molar-refractivity contribution in [2.24, 2.45) is 5.92 Å². The number of pyridine rings is 1. The van der Waals surface area contributed by atoms with Crippen LogP contribution in [0.15, 0.2) is 12.1 Å². The van der Waals surface area contributed by atoms with Crippen molar-refractivity contribution in [3.8, 4) is 0 Å². The summed E-state index contributed by atoms with van der Waals surface area (Å²) in [6, 6.07) is 2.89. The summed E-state index contributed by atoms with van der Waals surface area (Å²) in [4.78, 5) is 14.9. The fourth-order valence-corrected chi connectivity index (χ4v) is 2.54. The summed E-state index contributed by atoms with van der Waals surface area (Å²) < 4.78 is 0. The molecule has 2 unspecified atom stereocenters. The van der Waals surface area contributed by atoms with Crippen LogP contribution in [0.1, 0.15) is 32.6 Å². The largest absolute Gasteiger partial charge is 0.393 e. The second-order valence-corrected chi connectivity index (χ2v) is 5.49. The van der Waals surface area contributed by atoms with Gasteiger partial charge in [-0.25, -0.2) is 4.98 Å². The maximum absolute atomic E-state index is 11.0. The monoisotopic (exact) mass is 294 g/mol. The molecule has 0 bridgehead atoms. The molecule has 1 saturated carbocycles. The third-order valence-corrected chi connectivity index (χ3v) is 3.66. The van der Waals surface area contributed by atoms with Gasteiger partial charge in [0.25, 0.3) is 5.69 Å². The highest BCUT2D eigenvalue weighted by atomic mass is 16.6.